The fourth-order valence-corrected chi connectivity index (χ4v) is 8.07. The lowest BCUT2D eigenvalue weighted by Crippen LogP contribution is -2.57. The van der Waals surface area contributed by atoms with E-state index in [0.29, 0.717) is 80.4 Å². The smallest absolute Gasteiger partial charge is 0.407 e. The molecule has 4 atom stereocenters. The van der Waals surface area contributed by atoms with Gasteiger partial charge in [-0.1, -0.05) is 37.8 Å². The molecule has 26 heteroatoms. The van der Waals surface area contributed by atoms with Gasteiger partial charge in [-0.15, -0.1) is 0 Å². The number of methoxy groups -OCH3 is 2. The minimum Gasteiger partial charge on any atom is -0.469 e. The summed E-state index contributed by atoms with van der Waals surface area (Å²) in [5, 5.41) is 18.1. The van der Waals surface area contributed by atoms with Gasteiger partial charge < -0.3 is 29.7 Å². The number of ether oxygens (including phenoxy) is 2. The molecule has 4 aromatic rings. The lowest BCUT2D eigenvalue weighted by atomic mass is 9.75. The summed E-state index contributed by atoms with van der Waals surface area (Å²) >= 11 is 0. The number of esters is 1. The van der Waals surface area contributed by atoms with Crippen LogP contribution in [0, 0.1) is 46.1 Å². The van der Waals surface area contributed by atoms with Crippen LogP contribution >= 0.6 is 0 Å². The first-order valence-corrected chi connectivity index (χ1v) is 23.5. The van der Waals surface area contributed by atoms with Crippen molar-refractivity contribution in [2.75, 3.05) is 52.3 Å². The highest BCUT2D eigenvalue weighted by atomic mass is 19.4. The maximum absolute atomic E-state index is 16.0. The Kier molecular flexibility index (Phi) is 19.5. The Hall–Kier alpha value is -7.27. The van der Waals surface area contributed by atoms with Crippen molar-refractivity contribution in [1.29, 1.82) is 0 Å². The van der Waals surface area contributed by atoms with Crippen molar-refractivity contribution in [3.8, 4) is 23.1 Å². The van der Waals surface area contributed by atoms with Crippen LogP contribution in [0.3, 0.4) is 0 Å². The third-order valence-electron chi connectivity index (χ3n) is 13.3. The Morgan fingerprint density at radius 2 is 1.45 bits per heavy atom. The van der Waals surface area contributed by atoms with E-state index in [-0.39, 0.29) is 34.8 Å². The monoisotopic (exact) mass is 1100 g/mol. The number of hydrazine groups is 1. The molecule has 0 aliphatic carbocycles. The predicted molar refractivity (Wildman–Crippen MR) is 256 cm³/mol. The van der Waals surface area contributed by atoms with Crippen LogP contribution in [-0.4, -0.2) is 131 Å². The number of carbonyl (C=O) groups excluding carboxylic acids is 5. The van der Waals surface area contributed by atoms with Crippen molar-refractivity contribution >= 4 is 35.5 Å². The molecule has 5 rings (SSSR count). The van der Waals surface area contributed by atoms with Crippen LogP contribution in [0.4, 0.5) is 54.5 Å². The summed E-state index contributed by atoms with van der Waals surface area (Å²) in [6.07, 6.45) is -14.0. The van der Waals surface area contributed by atoms with Crippen molar-refractivity contribution in [2.24, 2.45) is 22.7 Å². The number of aromatic nitrogens is 3. The summed E-state index contributed by atoms with van der Waals surface area (Å²) in [7, 11) is 3.38. The lowest BCUT2D eigenvalue weighted by molar-refractivity contribution is -0.231. The van der Waals surface area contributed by atoms with Crippen LogP contribution in [0.15, 0.2) is 67.0 Å². The normalized spacial score (nSPS) is 15.1. The predicted octanol–water partition coefficient (Wildman–Crippen LogP) is 7.39. The number of pyridine rings is 1. The molecular weight excluding hydrogens is 1040 g/mol. The molecule has 0 unspecified atom stereocenters. The number of amides is 3. The van der Waals surface area contributed by atoms with Crippen LogP contribution in [0.1, 0.15) is 69.3 Å². The molecule has 2 aromatic carbocycles. The molecule has 2 aromatic heterocycles. The number of rotatable bonds is 20. The van der Waals surface area contributed by atoms with E-state index >= 15 is 8.78 Å². The van der Waals surface area contributed by atoms with Crippen molar-refractivity contribution in [3.05, 3.63) is 101 Å². The van der Waals surface area contributed by atoms with E-state index in [4.69, 9.17) is 0 Å². The van der Waals surface area contributed by atoms with E-state index in [0.717, 1.165) is 26.5 Å². The molecule has 0 saturated carbocycles. The summed E-state index contributed by atoms with van der Waals surface area (Å²) < 4.78 is 155. The molecule has 0 spiro atoms. The Labute approximate surface area is 436 Å². The average Bonchev–Trinajstić information content (AvgIpc) is 3.87. The third kappa shape index (κ3) is 15.2. The van der Waals surface area contributed by atoms with Crippen LogP contribution in [0.25, 0.3) is 11.3 Å². The number of carbonyl (C=O) groups is 5. The first kappa shape index (κ1) is 60.6. The fourth-order valence-electron chi connectivity index (χ4n) is 8.07. The number of ketones is 1. The molecule has 77 heavy (non-hydrogen) atoms. The Morgan fingerprint density at radius 1 is 0.844 bits per heavy atom. The highest BCUT2D eigenvalue weighted by Crippen LogP contribution is 2.46. The molecule has 1 aliphatic rings. The van der Waals surface area contributed by atoms with Gasteiger partial charge >= 0.3 is 31.0 Å². The third-order valence-corrected chi connectivity index (χ3v) is 13.3. The van der Waals surface area contributed by atoms with Gasteiger partial charge in [-0.25, -0.2) is 28.3 Å². The van der Waals surface area contributed by atoms with E-state index in [1.165, 1.54) is 30.5 Å². The minimum atomic E-state index is -5.17. The summed E-state index contributed by atoms with van der Waals surface area (Å²) in [6.45, 7) is -1.58. The number of aliphatic hydroxyl groups excluding tert-OH is 1. The largest absolute Gasteiger partial charge is 0.469 e. The van der Waals surface area contributed by atoms with Crippen molar-refractivity contribution in [3.63, 3.8) is 0 Å². The van der Waals surface area contributed by atoms with E-state index in [1.807, 2.05) is 10.2 Å². The van der Waals surface area contributed by atoms with Crippen molar-refractivity contribution < 1.29 is 82.5 Å². The van der Waals surface area contributed by atoms with Gasteiger partial charge in [-0.2, -0.15) is 40.2 Å². The first-order valence-electron chi connectivity index (χ1n) is 23.5. The maximum atomic E-state index is 16.0. The summed E-state index contributed by atoms with van der Waals surface area (Å²) in [4.78, 5) is 73.1. The average molecular weight is 1100 g/mol. The standard InChI is InChI=1S/C51H56F10N8O8/c1-48(2,50(56,57)58)35(24-43(73)76-6)45(74)65-68(26-34-36(52)21-32(22-37(34)53)38-16-17-69(64-38)46(54)55)27-40(71)33(23-39(70)44(63-47(75)77-7)49(3,4)51(59,60)61)20-30-11-8-29(9-12-30)10-13-31-14-15-41(62-25-31)67-19-18-66(5)42(72)28-67/h8-9,11-12,14-17,21-22,25,33,35,40,44,46,71H,18-20,23-24,26-28H2,1-7H3,(H,63,75)(H,65,74)/t33-,35-,40+,44-/m1/s1. The Balaban J connectivity index is 1.53. The number of piperazine rings is 1. The zero-order valence-electron chi connectivity index (χ0n) is 42.7. The fraction of sp³-hybridized carbons (Fsp3) is 0.471. The van der Waals surface area contributed by atoms with E-state index in [1.54, 1.807) is 24.1 Å². The van der Waals surface area contributed by atoms with Crippen LogP contribution < -0.4 is 15.6 Å². The summed E-state index contributed by atoms with van der Waals surface area (Å²) in [5.41, 5.74) is -4.19. The number of nitrogens with zero attached hydrogens (tertiary/aromatic N) is 6. The molecular formula is C51H56F10N8O8. The van der Waals surface area contributed by atoms with Crippen LogP contribution in [-0.2, 0) is 41.6 Å². The van der Waals surface area contributed by atoms with Gasteiger partial charge in [-0.05, 0) is 74.2 Å². The number of halogens is 10. The quantitative estimate of drug-likeness (QED) is 0.0345. The molecule has 1 aliphatic heterocycles. The van der Waals surface area contributed by atoms with Crippen molar-refractivity contribution in [1.82, 2.24) is 35.4 Å². The molecule has 16 nitrogen and oxygen atoms in total. The van der Waals surface area contributed by atoms with E-state index in [9.17, 15) is 64.2 Å². The molecule has 0 radical (unpaired) electrons. The summed E-state index contributed by atoms with van der Waals surface area (Å²) in [5.74, 6) is -4.38. The molecule has 1 saturated heterocycles. The molecule has 418 valence electrons. The number of Topliss-reactive ketones (excluding diaryl/α,β-unsaturated/α-hetero) is 1. The van der Waals surface area contributed by atoms with Gasteiger partial charge in [0.25, 0.3) is 0 Å². The number of aliphatic hydroxyl groups is 1. The van der Waals surface area contributed by atoms with Gasteiger partial charge in [0.2, 0.25) is 11.8 Å². The number of anilines is 1. The zero-order chi connectivity index (χ0) is 57.4. The van der Waals surface area contributed by atoms with Crippen molar-refractivity contribution in [2.45, 2.75) is 84.5 Å². The summed E-state index contributed by atoms with van der Waals surface area (Å²) in [6, 6.07) is 9.48. The maximum Gasteiger partial charge on any atom is 0.407 e. The lowest BCUT2D eigenvalue weighted by Gasteiger charge is -2.37. The molecule has 1 fully saturated rings. The number of nitrogens with one attached hydrogen (secondary N) is 2. The molecule has 3 heterocycles. The number of hydrogen-bond donors (Lipinski definition) is 3. The molecule has 3 N–H and O–H groups in total. The van der Waals surface area contributed by atoms with Crippen LogP contribution in [0.5, 0.6) is 0 Å². The number of likely N-dealkylation sites (N-methyl/N-ethyl adjacent to an activating group) is 1. The van der Waals surface area contributed by atoms with Crippen LogP contribution in [0.2, 0.25) is 0 Å². The van der Waals surface area contributed by atoms with Gasteiger partial charge in [0, 0.05) is 74.3 Å². The molecule has 3 amide bonds. The highest BCUT2D eigenvalue weighted by molar-refractivity contribution is 5.88. The van der Waals surface area contributed by atoms with Gasteiger partial charge in [-0.3, -0.25) is 24.6 Å². The SMILES string of the molecule is COC(=O)C[C@H](C(=O)NN(Cc1c(F)cc(-c2ccn(C(F)F)n2)cc1F)C[C@H](O)[C@@H](CC(=O)[C@@H](NC(=O)OC)C(C)(C)C(F)(F)F)Cc1ccc(C#Cc2ccc(N3CCN(C)C(=O)C3)nc2)cc1)C(C)(C)C(F)(F)F. The Morgan fingerprint density at radius 3 is 1.99 bits per heavy atom. The van der Waals surface area contributed by atoms with E-state index < -0.39 is 121 Å². The number of alkyl carbamates (subject to hydrolysis) is 1. The number of alkyl halides is 8. The van der Waals surface area contributed by atoms with Gasteiger partial charge in [0.1, 0.15) is 23.5 Å². The first-order chi connectivity index (χ1) is 35.9. The second-order valence-electron chi connectivity index (χ2n) is 19.4. The minimum absolute atomic E-state index is 0.0658. The zero-order valence-corrected chi connectivity index (χ0v) is 42.7. The second-order valence-corrected chi connectivity index (χ2v) is 19.4. The second kappa shape index (κ2) is 24.8. The highest BCUT2D eigenvalue weighted by Gasteiger charge is 2.57. The van der Waals surface area contributed by atoms with E-state index in [2.05, 4.69) is 36.8 Å². The molecule has 0 bridgehead atoms. The number of hydrogen-bond acceptors (Lipinski definition) is 12. The topological polar surface area (TPSA) is 189 Å². The van der Waals surface area contributed by atoms with Gasteiger partial charge in [0.15, 0.2) is 5.78 Å². The number of benzene rings is 2. The Bertz CT molecular complexity index is 2790. The van der Waals surface area contributed by atoms with Gasteiger partial charge in [0.05, 0.1) is 55.7 Å².